The maximum Gasteiger partial charge on any atom is 0.255 e. The maximum atomic E-state index is 12.7. The van der Waals surface area contributed by atoms with Gasteiger partial charge in [0.05, 0.1) is 0 Å². The number of anilines is 1. The van der Waals surface area contributed by atoms with Gasteiger partial charge in [0.1, 0.15) is 12.5 Å². The van der Waals surface area contributed by atoms with Crippen molar-refractivity contribution in [2.45, 2.75) is 13.8 Å². The summed E-state index contributed by atoms with van der Waals surface area (Å²) >= 11 is 0. The molecule has 0 bridgehead atoms. The second-order valence-corrected chi connectivity index (χ2v) is 6.09. The molecule has 0 saturated carbocycles. The van der Waals surface area contributed by atoms with Crippen molar-refractivity contribution in [1.82, 2.24) is 4.90 Å². The van der Waals surface area contributed by atoms with Crippen LogP contribution in [0.1, 0.15) is 24.2 Å². The van der Waals surface area contributed by atoms with Gasteiger partial charge in [-0.25, -0.2) is 0 Å². The molecule has 0 aliphatic heterocycles. The molecule has 0 heterocycles. The summed E-state index contributed by atoms with van der Waals surface area (Å²) in [6.45, 7) is 6.57. The van der Waals surface area contributed by atoms with E-state index in [-0.39, 0.29) is 5.91 Å². The van der Waals surface area contributed by atoms with Gasteiger partial charge in [-0.3, -0.25) is 9.69 Å². The van der Waals surface area contributed by atoms with Crippen LogP contribution >= 0.6 is 0 Å². The molecular formula is C22H24N2O2. The van der Waals surface area contributed by atoms with Crippen LogP contribution in [0.5, 0.6) is 5.75 Å². The Morgan fingerprint density at radius 1 is 0.962 bits per heavy atom. The highest BCUT2D eigenvalue weighted by atomic mass is 16.5. The predicted molar refractivity (Wildman–Crippen MR) is 107 cm³/mol. The average Bonchev–Trinajstić information content (AvgIpc) is 2.69. The number of hydrogen-bond acceptors (Lipinski definition) is 3. The second kappa shape index (κ2) is 8.50. The first-order chi connectivity index (χ1) is 12.7. The highest BCUT2D eigenvalue weighted by Gasteiger charge is 2.10. The summed E-state index contributed by atoms with van der Waals surface area (Å²) in [6, 6.07) is 21.2. The Kier molecular flexibility index (Phi) is 5.87. The third-order valence-electron chi connectivity index (χ3n) is 4.44. The van der Waals surface area contributed by atoms with E-state index < -0.39 is 0 Å². The van der Waals surface area contributed by atoms with Gasteiger partial charge in [-0.05, 0) is 42.7 Å². The Bertz CT molecular complexity index is 883. The molecule has 26 heavy (non-hydrogen) atoms. The summed E-state index contributed by atoms with van der Waals surface area (Å²) in [5.74, 6) is 0.553. The van der Waals surface area contributed by atoms with Crippen LogP contribution in [0.4, 0.5) is 5.69 Å². The largest absolute Gasteiger partial charge is 0.478 e. The van der Waals surface area contributed by atoms with Crippen molar-refractivity contribution in [2.24, 2.45) is 0 Å². The fourth-order valence-corrected chi connectivity index (χ4v) is 2.83. The number of carbonyl (C=O) groups excluding carboxylic acids is 1. The van der Waals surface area contributed by atoms with E-state index in [1.165, 1.54) is 0 Å². The van der Waals surface area contributed by atoms with Gasteiger partial charge in [0.15, 0.2) is 0 Å². The molecule has 1 amide bonds. The first-order valence-electron chi connectivity index (χ1n) is 8.95. The molecule has 0 radical (unpaired) electrons. The molecule has 3 rings (SSSR count). The minimum Gasteiger partial charge on any atom is -0.478 e. The zero-order valence-electron chi connectivity index (χ0n) is 15.2. The lowest BCUT2D eigenvalue weighted by Crippen LogP contribution is -2.27. The third kappa shape index (κ3) is 4.21. The number of carbonyl (C=O) groups is 1. The molecule has 0 spiro atoms. The van der Waals surface area contributed by atoms with Crippen molar-refractivity contribution in [3.05, 3.63) is 72.3 Å². The summed E-state index contributed by atoms with van der Waals surface area (Å²) in [5.41, 5.74) is 1.39. The monoisotopic (exact) mass is 348 g/mol. The predicted octanol–water partition coefficient (Wildman–Crippen LogP) is 4.77. The summed E-state index contributed by atoms with van der Waals surface area (Å²) in [6.07, 6.45) is 0. The van der Waals surface area contributed by atoms with Crippen LogP contribution in [0.15, 0.2) is 66.7 Å². The van der Waals surface area contributed by atoms with E-state index in [2.05, 4.69) is 24.1 Å². The Hall–Kier alpha value is -2.85. The molecule has 0 fully saturated rings. The molecule has 0 saturated heterocycles. The zero-order chi connectivity index (χ0) is 18.4. The van der Waals surface area contributed by atoms with Crippen molar-refractivity contribution in [2.75, 3.05) is 25.1 Å². The Morgan fingerprint density at radius 2 is 1.69 bits per heavy atom. The van der Waals surface area contributed by atoms with Crippen LogP contribution in [0.25, 0.3) is 10.8 Å². The number of nitrogens with zero attached hydrogens (tertiary/aromatic N) is 1. The van der Waals surface area contributed by atoms with Crippen LogP contribution in [-0.4, -0.2) is 30.6 Å². The molecule has 0 atom stereocenters. The van der Waals surface area contributed by atoms with Gasteiger partial charge in [0.25, 0.3) is 5.91 Å². The first kappa shape index (κ1) is 18.0. The van der Waals surface area contributed by atoms with Crippen LogP contribution in [0.2, 0.25) is 0 Å². The van der Waals surface area contributed by atoms with Gasteiger partial charge in [0, 0.05) is 16.6 Å². The minimum absolute atomic E-state index is 0.144. The van der Waals surface area contributed by atoms with Crippen molar-refractivity contribution >= 4 is 22.4 Å². The molecule has 4 nitrogen and oxygen atoms in total. The maximum absolute atomic E-state index is 12.7. The molecular weight excluding hydrogens is 324 g/mol. The van der Waals surface area contributed by atoms with E-state index in [0.717, 1.165) is 29.5 Å². The summed E-state index contributed by atoms with van der Waals surface area (Å²) in [4.78, 5) is 14.9. The standard InChI is InChI=1S/C22H24N2O2/c1-3-24(4-2)16-26-19-12-7-11-18(15-19)22(25)23-21-14-8-10-17-9-5-6-13-20(17)21/h5-15H,3-4,16H2,1-2H3,(H,23,25). The average molecular weight is 348 g/mol. The fourth-order valence-electron chi connectivity index (χ4n) is 2.83. The van der Waals surface area contributed by atoms with Crippen molar-refractivity contribution in [1.29, 1.82) is 0 Å². The molecule has 1 N–H and O–H groups in total. The number of amides is 1. The lowest BCUT2D eigenvalue weighted by atomic mass is 10.1. The van der Waals surface area contributed by atoms with Gasteiger partial charge in [0.2, 0.25) is 0 Å². The van der Waals surface area contributed by atoms with Crippen LogP contribution < -0.4 is 10.1 Å². The van der Waals surface area contributed by atoms with Crippen LogP contribution in [0.3, 0.4) is 0 Å². The molecule has 0 aliphatic carbocycles. The van der Waals surface area contributed by atoms with E-state index in [1.807, 2.05) is 54.6 Å². The quantitative estimate of drug-likeness (QED) is 0.625. The van der Waals surface area contributed by atoms with Crippen LogP contribution in [-0.2, 0) is 0 Å². The number of ether oxygens (including phenoxy) is 1. The Labute approximate surface area is 154 Å². The second-order valence-electron chi connectivity index (χ2n) is 6.09. The lowest BCUT2D eigenvalue weighted by Gasteiger charge is -2.18. The third-order valence-corrected chi connectivity index (χ3v) is 4.44. The minimum atomic E-state index is -0.144. The zero-order valence-corrected chi connectivity index (χ0v) is 15.2. The fraction of sp³-hybridized carbons (Fsp3) is 0.227. The number of hydrogen-bond donors (Lipinski definition) is 1. The summed E-state index contributed by atoms with van der Waals surface area (Å²) in [5, 5.41) is 5.13. The van der Waals surface area contributed by atoms with Crippen molar-refractivity contribution in [3.8, 4) is 5.75 Å². The van der Waals surface area contributed by atoms with Crippen molar-refractivity contribution < 1.29 is 9.53 Å². The smallest absolute Gasteiger partial charge is 0.255 e. The van der Waals surface area contributed by atoms with Gasteiger partial charge < -0.3 is 10.1 Å². The van der Waals surface area contributed by atoms with E-state index in [0.29, 0.717) is 18.0 Å². The molecule has 0 aliphatic rings. The lowest BCUT2D eigenvalue weighted by molar-refractivity contribution is 0.102. The van der Waals surface area contributed by atoms with E-state index in [1.54, 1.807) is 12.1 Å². The molecule has 3 aromatic carbocycles. The number of fused-ring (bicyclic) bond motifs is 1. The Balaban J connectivity index is 1.74. The first-order valence-corrected chi connectivity index (χ1v) is 8.95. The molecule has 0 unspecified atom stereocenters. The highest BCUT2D eigenvalue weighted by Crippen LogP contribution is 2.24. The number of nitrogens with one attached hydrogen (secondary N) is 1. The van der Waals surface area contributed by atoms with Gasteiger partial charge >= 0.3 is 0 Å². The van der Waals surface area contributed by atoms with Crippen LogP contribution in [0, 0.1) is 0 Å². The molecule has 0 aromatic heterocycles. The normalized spacial score (nSPS) is 10.9. The van der Waals surface area contributed by atoms with Gasteiger partial charge in [-0.1, -0.05) is 56.3 Å². The van der Waals surface area contributed by atoms with E-state index >= 15 is 0 Å². The summed E-state index contributed by atoms with van der Waals surface area (Å²) in [7, 11) is 0. The van der Waals surface area contributed by atoms with Gasteiger partial charge in [-0.2, -0.15) is 0 Å². The number of rotatable bonds is 7. The summed E-state index contributed by atoms with van der Waals surface area (Å²) < 4.78 is 5.81. The number of benzene rings is 3. The topological polar surface area (TPSA) is 41.6 Å². The van der Waals surface area contributed by atoms with E-state index in [4.69, 9.17) is 4.74 Å². The van der Waals surface area contributed by atoms with E-state index in [9.17, 15) is 4.79 Å². The Morgan fingerprint density at radius 3 is 2.50 bits per heavy atom. The highest BCUT2D eigenvalue weighted by molar-refractivity contribution is 6.09. The molecule has 4 heteroatoms. The van der Waals surface area contributed by atoms with Crippen molar-refractivity contribution in [3.63, 3.8) is 0 Å². The molecule has 134 valence electrons. The SMILES string of the molecule is CCN(CC)COc1cccc(C(=O)Nc2cccc3ccccc23)c1. The molecule has 3 aromatic rings. The van der Waals surface area contributed by atoms with Gasteiger partial charge in [-0.15, -0.1) is 0 Å².